The molecule has 3 N–H and O–H groups in total. The second-order valence-corrected chi connectivity index (χ2v) is 6.07. The number of para-hydroxylation sites is 1. The molecule has 6 nitrogen and oxygen atoms in total. The van der Waals surface area contributed by atoms with Gasteiger partial charge in [-0.2, -0.15) is 0 Å². The molecule has 138 valence electrons. The summed E-state index contributed by atoms with van der Waals surface area (Å²) in [6.45, 7) is 0. The summed E-state index contributed by atoms with van der Waals surface area (Å²) >= 11 is 0. The van der Waals surface area contributed by atoms with Crippen molar-refractivity contribution in [3.63, 3.8) is 0 Å². The van der Waals surface area contributed by atoms with E-state index in [2.05, 4.69) is 10.3 Å². The number of hydrogen-bond acceptors (Lipinski definition) is 3. The van der Waals surface area contributed by atoms with Gasteiger partial charge in [0.25, 0.3) is 0 Å². The Balaban J connectivity index is 1.69. The number of methoxy groups -OCH3 is 1. The highest BCUT2D eigenvalue weighted by molar-refractivity contribution is 5.94. The van der Waals surface area contributed by atoms with Crippen molar-refractivity contribution in [1.82, 2.24) is 10.3 Å². The van der Waals surface area contributed by atoms with Crippen molar-refractivity contribution in [3.05, 3.63) is 71.9 Å². The largest absolute Gasteiger partial charge is 0.497 e. The van der Waals surface area contributed by atoms with Crippen molar-refractivity contribution in [2.24, 2.45) is 0 Å². The topological polar surface area (TPSA) is 91.4 Å². The minimum atomic E-state index is -1.08. The third-order valence-electron chi connectivity index (χ3n) is 4.23. The van der Waals surface area contributed by atoms with Gasteiger partial charge < -0.3 is 20.1 Å². The van der Waals surface area contributed by atoms with Crippen LogP contribution in [0.3, 0.4) is 0 Å². The van der Waals surface area contributed by atoms with Gasteiger partial charge in [-0.25, -0.2) is 4.79 Å². The van der Waals surface area contributed by atoms with Crippen molar-refractivity contribution < 1.29 is 19.4 Å². The molecular weight excluding hydrogens is 344 g/mol. The van der Waals surface area contributed by atoms with Gasteiger partial charge in [-0.15, -0.1) is 0 Å². The SMILES string of the molecule is COc1cccc(C=CC(=O)N[C@@H](Cc2c[nH]c3ccccc23)C(=O)O)c1. The summed E-state index contributed by atoms with van der Waals surface area (Å²) in [5.74, 6) is -0.867. The molecular formula is C21H20N2O4. The Morgan fingerprint density at radius 3 is 2.81 bits per heavy atom. The van der Waals surface area contributed by atoms with Gasteiger partial charge in [0.15, 0.2) is 0 Å². The molecule has 0 fully saturated rings. The van der Waals surface area contributed by atoms with E-state index in [4.69, 9.17) is 4.74 Å². The van der Waals surface area contributed by atoms with Crippen LogP contribution in [0.2, 0.25) is 0 Å². The Bertz CT molecular complexity index is 991. The molecule has 1 atom stereocenters. The lowest BCUT2D eigenvalue weighted by molar-refractivity contribution is -0.141. The van der Waals surface area contributed by atoms with Crippen LogP contribution in [0.25, 0.3) is 17.0 Å². The highest BCUT2D eigenvalue weighted by Crippen LogP contribution is 2.19. The first kappa shape index (κ1) is 18.3. The fourth-order valence-corrected chi connectivity index (χ4v) is 2.86. The van der Waals surface area contributed by atoms with Gasteiger partial charge in [-0.3, -0.25) is 4.79 Å². The number of fused-ring (bicyclic) bond motifs is 1. The Kier molecular flexibility index (Phi) is 5.56. The third-order valence-corrected chi connectivity index (χ3v) is 4.23. The summed E-state index contributed by atoms with van der Waals surface area (Å²) in [6.07, 6.45) is 4.90. The Morgan fingerprint density at radius 1 is 1.22 bits per heavy atom. The van der Waals surface area contributed by atoms with E-state index >= 15 is 0 Å². The second-order valence-electron chi connectivity index (χ2n) is 6.07. The molecule has 0 spiro atoms. The first-order chi connectivity index (χ1) is 13.1. The molecule has 0 aliphatic heterocycles. The van der Waals surface area contributed by atoms with Crippen LogP contribution in [0, 0.1) is 0 Å². The number of carboxylic acids is 1. The van der Waals surface area contributed by atoms with Gasteiger partial charge in [-0.1, -0.05) is 30.3 Å². The average molecular weight is 364 g/mol. The van der Waals surface area contributed by atoms with Crippen molar-refractivity contribution in [1.29, 1.82) is 0 Å². The number of rotatable bonds is 7. The van der Waals surface area contributed by atoms with E-state index in [1.54, 1.807) is 31.5 Å². The summed E-state index contributed by atoms with van der Waals surface area (Å²) in [5.41, 5.74) is 2.56. The fraction of sp³-hybridized carbons (Fsp3) is 0.143. The predicted molar refractivity (Wildman–Crippen MR) is 104 cm³/mol. The van der Waals surface area contributed by atoms with Gasteiger partial charge in [0.1, 0.15) is 11.8 Å². The highest BCUT2D eigenvalue weighted by atomic mass is 16.5. The van der Waals surface area contributed by atoms with Gasteiger partial charge in [0.2, 0.25) is 5.91 Å². The van der Waals surface area contributed by atoms with Gasteiger partial charge >= 0.3 is 5.97 Å². The van der Waals surface area contributed by atoms with E-state index in [-0.39, 0.29) is 6.42 Å². The number of carbonyl (C=O) groups is 2. The maximum atomic E-state index is 12.2. The van der Waals surface area contributed by atoms with Crippen LogP contribution in [0.4, 0.5) is 0 Å². The van der Waals surface area contributed by atoms with Crippen LogP contribution in [-0.4, -0.2) is 35.1 Å². The summed E-state index contributed by atoms with van der Waals surface area (Å²) in [6, 6.07) is 13.8. The minimum Gasteiger partial charge on any atom is -0.497 e. The number of aromatic amines is 1. The molecule has 3 rings (SSSR count). The van der Waals surface area contributed by atoms with Crippen LogP contribution in [0.5, 0.6) is 5.75 Å². The Hall–Kier alpha value is -3.54. The standard InChI is InChI=1S/C21H20N2O4/c1-27-16-6-4-5-14(11-16)9-10-20(24)23-19(21(25)26)12-15-13-22-18-8-3-2-7-17(15)18/h2-11,13,19,22H,12H2,1H3,(H,23,24)(H,25,26)/t19-/m0/s1. The quantitative estimate of drug-likeness (QED) is 0.562. The van der Waals surface area contributed by atoms with Crippen LogP contribution < -0.4 is 10.1 Å². The highest BCUT2D eigenvalue weighted by Gasteiger charge is 2.21. The molecule has 0 unspecified atom stereocenters. The number of aliphatic carboxylic acids is 1. The second kappa shape index (κ2) is 8.23. The van der Waals surface area contributed by atoms with Crippen molar-refractivity contribution in [3.8, 4) is 5.75 Å². The normalized spacial score (nSPS) is 12.2. The monoisotopic (exact) mass is 364 g/mol. The number of nitrogens with one attached hydrogen (secondary N) is 2. The fourth-order valence-electron chi connectivity index (χ4n) is 2.86. The van der Waals surface area contributed by atoms with E-state index in [0.717, 1.165) is 22.0 Å². The van der Waals surface area contributed by atoms with Crippen LogP contribution >= 0.6 is 0 Å². The third kappa shape index (κ3) is 4.55. The molecule has 3 aromatic rings. The van der Waals surface area contributed by atoms with Crippen molar-refractivity contribution in [2.45, 2.75) is 12.5 Å². The zero-order valence-corrected chi connectivity index (χ0v) is 14.8. The predicted octanol–water partition coefficient (Wildman–Crippen LogP) is 3.00. The number of aromatic nitrogens is 1. The Morgan fingerprint density at radius 2 is 2.04 bits per heavy atom. The van der Waals surface area contributed by atoms with E-state index in [0.29, 0.717) is 5.75 Å². The van der Waals surface area contributed by atoms with E-state index in [9.17, 15) is 14.7 Å². The van der Waals surface area contributed by atoms with Crippen molar-refractivity contribution >= 4 is 28.9 Å². The molecule has 1 aromatic heterocycles. The van der Waals surface area contributed by atoms with Crippen molar-refractivity contribution in [2.75, 3.05) is 7.11 Å². The van der Waals surface area contributed by atoms with Crippen LogP contribution in [0.15, 0.2) is 60.8 Å². The van der Waals surface area contributed by atoms with E-state index in [1.165, 1.54) is 6.08 Å². The maximum Gasteiger partial charge on any atom is 0.326 e. The molecule has 0 aliphatic carbocycles. The van der Waals surface area contributed by atoms with Gasteiger partial charge in [0.05, 0.1) is 7.11 Å². The molecule has 2 aromatic carbocycles. The smallest absolute Gasteiger partial charge is 0.326 e. The summed E-state index contributed by atoms with van der Waals surface area (Å²) in [7, 11) is 1.57. The molecule has 0 aliphatic rings. The molecule has 0 bridgehead atoms. The molecule has 0 radical (unpaired) electrons. The maximum absolute atomic E-state index is 12.2. The number of ether oxygens (including phenoxy) is 1. The molecule has 1 amide bonds. The summed E-state index contributed by atoms with van der Waals surface area (Å²) in [5, 5.41) is 13.0. The molecule has 0 saturated carbocycles. The number of hydrogen-bond donors (Lipinski definition) is 3. The number of amides is 1. The van der Waals surface area contributed by atoms with Gasteiger partial charge in [0, 0.05) is 29.6 Å². The number of benzene rings is 2. The molecule has 27 heavy (non-hydrogen) atoms. The zero-order chi connectivity index (χ0) is 19.2. The number of H-pyrrole nitrogens is 1. The number of carboxylic acid groups (broad SMARTS) is 1. The summed E-state index contributed by atoms with van der Waals surface area (Å²) in [4.78, 5) is 26.9. The lowest BCUT2D eigenvalue weighted by Gasteiger charge is -2.13. The van der Waals surface area contributed by atoms with E-state index in [1.807, 2.05) is 36.4 Å². The zero-order valence-electron chi connectivity index (χ0n) is 14.8. The lowest BCUT2D eigenvalue weighted by Crippen LogP contribution is -2.41. The average Bonchev–Trinajstić information content (AvgIpc) is 3.09. The van der Waals surface area contributed by atoms with Crippen LogP contribution in [-0.2, 0) is 16.0 Å². The lowest BCUT2D eigenvalue weighted by atomic mass is 10.0. The molecule has 0 saturated heterocycles. The number of carbonyl (C=O) groups excluding carboxylic acids is 1. The minimum absolute atomic E-state index is 0.193. The Labute approximate surface area is 156 Å². The first-order valence-corrected chi connectivity index (χ1v) is 8.47. The van der Waals surface area contributed by atoms with Gasteiger partial charge in [-0.05, 0) is 35.4 Å². The van der Waals surface area contributed by atoms with E-state index < -0.39 is 17.9 Å². The summed E-state index contributed by atoms with van der Waals surface area (Å²) < 4.78 is 5.14. The molecule has 6 heteroatoms. The van der Waals surface area contributed by atoms with Crippen LogP contribution in [0.1, 0.15) is 11.1 Å². The molecule has 1 heterocycles. The first-order valence-electron chi connectivity index (χ1n) is 8.47.